The average molecular weight is 259 g/mol. The summed E-state index contributed by atoms with van der Waals surface area (Å²) in [5.41, 5.74) is 0. The highest BCUT2D eigenvalue weighted by Gasteiger charge is 2.21. The van der Waals surface area contributed by atoms with Crippen LogP contribution in [0.15, 0.2) is 0 Å². The van der Waals surface area contributed by atoms with Crippen LogP contribution in [0.4, 0.5) is 0 Å². The van der Waals surface area contributed by atoms with Crippen LogP contribution in [0, 0.1) is 0 Å². The summed E-state index contributed by atoms with van der Waals surface area (Å²) in [5.74, 6) is 0. The van der Waals surface area contributed by atoms with Crippen molar-refractivity contribution in [2.75, 3.05) is 26.4 Å². The Morgan fingerprint density at radius 3 is 2.93 bits per heavy atom. The smallest absolute Gasteiger partial charge is 0.161 e. The van der Waals surface area contributed by atoms with Crippen molar-refractivity contribution < 1.29 is 13.9 Å². The zero-order valence-corrected chi connectivity index (χ0v) is 11.0. The van der Waals surface area contributed by atoms with Crippen molar-refractivity contribution in [2.24, 2.45) is 0 Å². The Morgan fingerprint density at radius 1 is 1.50 bits per heavy atom. The van der Waals surface area contributed by atoms with Crippen LogP contribution in [0.25, 0.3) is 0 Å². The lowest BCUT2D eigenvalue weighted by atomic mass is 10.5. The third kappa shape index (κ3) is 8.02. The Bertz CT molecular complexity index is 137. The van der Waals surface area contributed by atoms with E-state index in [-0.39, 0.29) is 4.84 Å². The minimum atomic E-state index is -0.443. The lowest BCUT2D eigenvalue weighted by Crippen LogP contribution is -2.08. The zero-order valence-electron chi connectivity index (χ0n) is 8.09. The zero-order chi connectivity index (χ0) is 10.2. The molecule has 14 heavy (non-hydrogen) atoms. The fourth-order valence-electron chi connectivity index (χ4n) is 0.960. The van der Waals surface area contributed by atoms with Gasteiger partial charge in [0.2, 0.25) is 0 Å². The van der Waals surface area contributed by atoms with E-state index in [2.05, 4.69) is 0 Å². The monoisotopic (exact) mass is 258 g/mol. The third-order valence-corrected chi connectivity index (χ3v) is 3.34. The van der Waals surface area contributed by atoms with Gasteiger partial charge in [0.05, 0.1) is 19.8 Å². The van der Waals surface area contributed by atoms with E-state index in [0.29, 0.717) is 12.7 Å². The predicted molar refractivity (Wildman–Crippen MR) is 60.0 cm³/mol. The van der Waals surface area contributed by atoms with Gasteiger partial charge >= 0.3 is 0 Å². The summed E-state index contributed by atoms with van der Waals surface area (Å²) in [6.07, 6.45) is 1.44. The van der Waals surface area contributed by atoms with Gasteiger partial charge < -0.3 is 13.9 Å². The van der Waals surface area contributed by atoms with Crippen LogP contribution in [0.3, 0.4) is 0 Å². The molecule has 0 saturated carbocycles. The topological polar surface area (TPSA) is 31.0 Å². The average Bonchev–Trinajstić information content (AvgIpc) is 2.92. The molecule has 1 rings (SSSR count). The van der Waals surface area contributed by atoms with Crippen molar-refractivity contribution in [1.29, 1.82) is 0 Å². The molecule has 1 aliphatic heterocycles. The number of epoxide rings is 1. The molecular weight excluding hydrogens is 243 g/mol. The first-order valence-corrected chi connectivity index (χ1v) is 7.29. The Morgan fingerprint density at radius 2 is 2.29 bits per heavy atom. The number of alkyl halides is 2. The second-order valence-corrected chi connectivity index (χ2v) is 6.00. The first-order valence-electron chi connectivity index (χ1n) is 4.84. The molecule has 0 aromatic heterocycles. The van der Waals surface area contributed by atoms with E-state index in [9.17, 15) is 0 Å². The number of ether oxygens (including phenoxy) is 2. The molecule has 0 bridgehead atoms. The first kappa shape index (κ1) is 12.7. The summed E-state index contributed by atoms with van der Waals surface area (Å²) < 4.78 is 15.7. The van der Waals surface area contributed by atoms with E-state index in [4.69, 9.17) is 37.1 Å². The molecule has 3 nitrogen and oxygen atoms in total. The fraction of sp³-hybridized carbons (Fsp3) is 1.00. The normalized spacial score (nSPS) is 21.2. The SMILES string of the molecule is ClC(Cl)CO[SiH2]CCCOCC1CO1. The molecule has 1 heterocycles. The molecule has 6 heteroatoms. The quantitative estimate of drug-likeness (QED) is 0.269. The molecule has 0 amide bonds. The van der Waals surface area contributed by atoms with Crippen molar-refractivity contribution in [1.82, 2.24) is 0 Å². The van der Waals surface area contributed by atoms with Crippen LogP contribution >= 0.6 is 23.2 Å². The van der Waals surface area contributed by atoms with E-state index in [1.54, 1.807) is 0 Å². The highest BCUT2D eigenvalue weighted by molar-refractivity contribution is 6.44. The summed E-state index contributed by atoms with van der Waals surface area (Å²) in [7, 11) is -0.443. The van der Waals surface area contributed by atoms with Crippen molar-refractivity contribution in [2.45, 2.75) is 23.4 Å². The first-order chi connectivity index (χ1) is 6.79. The van der Waals surface area contributed by atoms with Gasteiger partial charge in [-0.15, -0.1) is 23.2 Å². The van der Waals surface area contributed by atoms with Crippen LogP contribution in [0.2, 0.25) is 6.04 Å². The molecule has 0 aromatic rings. The lowest BCUT2D eigenvalue weighted by molar-refractivity contribution is 0.116. The standard InChI is InChI=1S/C8H16Cl2O3Si/c9-8(10)6-13-14-3-1-2-11-4-7-5-12-7/h7-8H,1-6,14H2. The molecule has 0 spiro atoms. The number of hydrogen-bond donors (Lipinski definition) is 0. The van der Waals surface area contributed by atoms with Crippen molar-refractivity contribution in [3.63, 3.8) is 0 Å². The van der Waals surface area contributed by atoms with Gasteiger partial charge in [-0.25, -0.2) is 0 Å². The molecule has 1 unspecified atom stereocenters. The number of hydrogen-bond acceptors (Lipinski definition) is 3. The summed E-state index contributed by atoms with van der Waals surface area (Å²) in [6, 6.07) is 1.12. The van der Waals surface area contributed by atoms with Gasteiger partial charge in [-0.1, -0.05) is 0 Å². The second kappa shape index (κ2) is 7.90. The van der Waals surface area contributed by atoms with E-state index < -0.39 is 9.76 Å². The number of rotatable bonds is 9. The van der Waals surface area contributed by atoms with Crippen LogP contribution in [-0.2, 0) is 13.9 Å². The predicted octanol–water partition coefficient (Wildman–Crippen LogP) is 1.11. The fourth-order valence-corrected chi connectivity index (χ4v) is 2.45. The molecule has 0 N–H and O–H groups in total. The Hall–Kier alpha value is 0.677. The van der Waals surface area contributed by atoms with Crippen molar-refractivity contribution in [3.05, 3.63) is 0 Å². The van der Waals surface area contributed by atoms with Crippen LogP contribution in [0.5, 0.6) is 0 Å². The molecule has 1 atom stereocenters. The Balaban J connectivity index is 1.66. The molecule has 1 fully saturated rings. The summed E-state index contributed by atoms with van der Waals surface area (Å²) in [5, 5.41) is 0. The van der Waals surface area contributed by atoms with Gasteiger partial charge in [-0.2, -0.15) is 0 Å². The van der Waals surface area contributed by atoms with Gasteiger partial charge in [0.1, 0.15) is 10.9 Å². The minimum absolute atomic E-state index is 0.372. The maximum atomic E-state index is 5.51. The lowest BCUT2D eigenvalue weighted by Gasteiger charge is -2.04. The molecule has 0 aromatic carbocycles. The molecule has 1 saturated heterocycles. The van der Waals surface area contributed by atoms with E-state index in [1.165, 1.54) is 0 Å². The molecule has 0 aliphatic carbocycles. The van der Waals surface area contributed by atoms with Gasteiger partial charge in [-0.05, 0) is 12.5 Å². The van der Waals surface area contributed by atoms with E-state index >= 15 is 0 Å². The maximum absolute atomic E-state index is 5.51. The van der Waals surface area contributed by atoms with E-state index in [0.717, 1.165) is 32.3 Å². The molecule has 84 valence electrons. The largest absolute Gasteiger partial charge is 0.421 e. The molecule has 0 radical (unpaired) electrons. The van der Waals surface area contributed by atoms with Crippen molar-refractivity contribution >= 4 is 33.0 Å². The maximum Gasteiger partial charge on any atom is 0.161 e. The highest BCUT2D eigenvalue weighted by Crippen LogP contribution is 2.08. The van der Waals surface area contributed by atoms with Crippen LogP contribution < -0.4 is 0 Å². The van der Waals surface area contributed by atoms with Gasteiger partial charge in [-0.3, -0.25) is 0 Å². The van der Waals surface area contributed by atoms with Gasteiger partial charge in [0.25, 0.3) is 0 Å². The van der Waals surface area contributed by atoms with Gasteiger partial charge in [0, 0.05) is 6.61 Å². The Labute approximate surface area is 96.9 Å². The van der Waals surface area contributed by atoms with E-state index in [1.807, 2.05) is 0 Å². The molecule has 1 aliphatic rings. The summed E-state index contributed by atoms with van der Waals surface area (Å²) >= 11 is 11.0. The summed E-state index contributed by atoms with van der Waals surface area (Å²) in [4.78, 5) is -0.384. The molecular formula is C8H16Cl2O3Si. The number of halogens is 2. The Kier molecular flexibility index (Phi) is 7.19. The third-order valence-electron chi connectivity index (χ3n) is 1.78. The van der Waals surface area contributed by atoms with Crippen LogP contribution in [-0.4, -0.2) is 47.1 Å². The second-order valence-electron chi connectivity index (χ2n) is 3.20. The highest BCUT2D eigenvalue weighted by atomic mass is 35.5. The van der Waals surface area contributed by atoms with Crippen molar-refractivity contribution in [3.8, 4) is 0 Å². The van der Waals surface area contributed by atoms with Gasteiger partial charge in [0.15, 0.2) is 9.76 Å². The van der Waals surface area contributed by atoms with Crippen LogP contribution in [0.1, 0.15) is 6.42 Å². The minimum Gasteiger partial charge on any atom is -0.421 e. The summed E-state index contributed by atoms with van der Waals surface area (Å²) in [6.45, 7) is 2.88.